The maximum Gasteiger partial charge on any atom is 0.0370 e. The van der Waals surface area contributed by atoms with Crippen LogP contribution in [0.5, 0.6) is 0 Å². The molecule has 0 saturated carbocycles. The van der Waals surface area contributed by atoms with Crippen molar-refractivity contribution < 1.29 is 0 Å². The Morgan fingerprint density at radius 2 is 1.86 bits per heavy atom. The molecular formula is C18H23N3. The SMILES string of the molecule is CCC1CC(Cc2ccncc2)CN1c1ccc(N)cc1. The van der Waals surface area contributed by atoms with Crippen molar-refractivity contribution in [2.24, 2.45) is 5.92 Å². The Bertz CT molecular complexity index is 565. The van der Waals surface area contributed by atoms with Gasteiger partial charge in [-0.3, -0.25) is 4.98 Å². The summed E-state index contributed by atoms with van der Waals surface area (Å²) >= 11 is 0. The van der Waals surface area contributed by atoms with Crippen molar-refractivity contribution >= 4 is 11.4 Å². The summed E-state index contributed by atoms with van der Waals surface area (Å²) in [5.41, 5.74) is 9.32. The maximum atomic E-state index is 5.80. The average molecular weight is 281 g/mol. The highest BCUT2D eigenvalue weighted by Gasteiger charge is 2.30. The number of aromatic nitrogens is 1. The summed E-state index contributed by atoms with van der Waals surface area (Å²) in [5, 5.41) is 0. The highest BCUT2D eigenvalue weighted by atomic mass is 15.2. The van der Waals surface area contributed by atoms with Crippen molar-refractivity contribution in [2.75, 3.05) is 17.2 Å². The Morgan fingerprint density at radius 1 is 1.14 bits per heavy atom. The van der Waals surface area contributed by atoms with Crippen molar-refractivity contribution in [3.05, 3.63) is 54.4 Å². The number of rotatable bonds is 4. The number of nitrogens with zero attached hydrogens (tertiary/aromatic N) is 2. The molecule has 2 aromatic rings. The summed E-state index contributed by atoms with van der Waals surface area (Å²) in [4.78, 5) is 6.65. The fourth-order valence-corrected chi connectivity index (χ4v) is 3.38. The van der Waals surface area contributed by atoms with Crippen LogP contribution in [-0.2, 0) is 6.42 Å². The van der Waals surface area contributed by atoms with Crippen LogP contribution in [0.3, 0.4) is 0 Å². The zero-order chi connectivity index (χ0) is 14.7. The topological polar surface area (TPSA) is 42.2 Å². The summed E-state index contributed by atoms with van der Waals surface area (Å²) in [6.45, 7) is 3.41. The molecule has 110 valence electrons. The molecule has 0 bridgehead atoms. The zero-order valence-electron chi connectivity index (χ0n) is 12.6. The smallest absolute Gasteiger partial charge is 0.0370 e. The minimum absolute atomic E-state index is 0.639. The Labute approximate surface area is 126 Å². The molecule has 1 fully saturated rings. The van der Waals surface area contributed by atoms with E-state index in [1.165, 1.54) is 24.1 Å². The molecule has 1 aliphatic heterocycles. The lowest BCUT2D eigenvalue weighted by Crippen LogP contribution is -2.28. The second kappa shape index (κ2) is 6.17. The van der Waals surface area contributed by atoms with Gasteiger partial charge in [0, 0.05) is 36.4 Å². The van der Waals surface area contributed by atoms with Crippen LogP contribution in [0, 0.1) is 5.92 Å². The molecular weight excluding hydrogens is 258 g/mol. The van der Waals surface area contributed by atoms with Crippen molar-refractivity contribution in [3.63, 3.8) is 0 Å². The molecule has 3 heteroatoms. The van der Waals surface area contributed by atoms with Gasteiger partial charge in [0.05, 0.1) is 0 Å². The van der Waals surface area contributed by atoms with Gasteiger partial charge < -0.3 is 10.6 Å². The quantitative estimate of drug-likeness (QED) is 0.872. The van der Waals surface area contributed by atoms with E-state index in [0.29, 0.717) is 6.04 Å². The van der Waals surface area contributed by atoms with E-state index in [-0.39, 0.29) is 0 Å². The second-order valence-electron chi connectivity index (χ2n) is 5.97. The molecule has 0 aliphatic carbocycles. The van der Waals surface area contributed by atoms with Crippen LogP contribution >= 0.6 is 0 Å². The Morgan fingerprint density at radius 3 is 2.52 bits per heavy atom. The largest absolute Gasteiger partial charge is 0.399 e. The van der Waals surface area contributed by atoms with Gasteiger partial charge in [-0.1, -0.05) is 6.92 Å². The maximum absolute atomic E-state index is 5.80. The Balaban J connectivity index is 1.72. The molecule has 0 spiro atoms. The monoisotopic (exact) mass is 281 g/mol. The van der Waals surface area contributed by atoms with Gasteiger partial charge in [0.1, 0.15) is 0 Å². The van der Waals surface area contributed by atoms with Gasteiger partial charge in [0.15, 0.2) is 0 Å². The van der Waals surface area contributed by atoms with E-state index in [9.17, 15) is 0 Å². The average Bonchev–Trinajstić information content (AvgIpc) is 2.92. The third-order valence-corrected chi connectivity index (χ3v) is 4.47. The van der Waals surface area contributed by atoms with Gasteiger partial charge in [-0.05, 0) is 67.1 Å². The normalized spacial score (nSPS) is 21.7. The minimum atomic E-state index is 0.639. The van der Waals surface area contributed by atoms with E-state index in [1.807, 2.05) is 24.5 Å². The number of hydrogen-bond acceptors (Lipinski definition) is 3. The van der Waals surface area contributed by atoms with E-state index in [2.05, 4.69) is 41.1 Å². The molecule has 3 rings (SSSR count). The van der Waals surface area contributed by atoms with E-state index in [0.717, 1.165) is 24.6 Å². The first-order chi connectivity index (χ1) is 10.3. The van der Waals surface area contributed by atoms with Crippen molar-refractivity contribution in [2.45, 2.75) is 32.2 Å². The van der Waals surface area contributed by atoms with E-state index in [1.54, 1.807) is 0 Å². The van der Waals surface area contributed by atoms with Crippen LogP contribution in [0.1, 0.15) is 25.3 Å². The first-order valence-electron chi connectivity index (χ1n) is 7.77. The summed E-state index contributed by atoms with van der Waals surface area (Å²) in [7, 11) is 0. The fraction of sp³-hybridized carbons (Fsp3) is 0.389. The van der Waals surface area contributed by atoms with Gasteiger partial charge in [-0.2, -0.15) is 0 Å². The number of nitrogens with two attached hydrogens (primary N) is 1. The molecule has 2 N–H and O–H groups in total. The standard InChI is InChI=1S/C18H23N3/c1-2-17-12-15(11-14-7-9-20-10-8-14)13-21(17)18-5-3-16(19)4-6-18/h3-10,15,17H,2,11-13,19H2,1H3. The first-order valence-corrected chi connectivity index (χ1v) is 7.77. The summed E-state index contributed by atoms with van der Waals surface area (Å²) < 4.78 is 0. The van der Waals surface area contributed by atoms with E-state index in [4.69, 9.17) is 5.73 Å². The number of pyridine rings is 1. The second-order valence-corrected chi connectivity index (χ2v) is 5.97. The molecule has 0 amide bonds. The molecule has 1 aromatic carbocycles. The predicted molar refractivity (Wildman–Crippen MR) is 88.3 cm³/mol. The number of hydrogen-bond donors (Lipinski definition) is 1. The molecule has 1 aliphatic rings. The first kappa shape index (κ1) is 13.9. The van der Waals surface area contributed by atoms with Crippen molar-refractivity contribution in [3.8, 4) is 0 Å². The lowest BCUT2D eigenvalue weighted by atomic mass is 9.97. The van der Waals surface area contributed by atoms with Gasteiger partial charge >= 0.3 is 0 Å². The number of benzene rings is 1. The van der Waals surface area contributed by atoms with Crippen LogP contribution in [0.2, 0.25) is 0 Å². The Hall–Kier alpha value is -2.03. The van der Waals surface area contributed by atoms with Crippen LogP contribution in [0.4, 0.5) is 11.4 Å². The van der Waals surface area contributed by atoms with Crippen LogP contribution < -0.4 is 10.6 Å². The lowest BCUT2D eigenvalue weighted by molar-refractivity contribution is 0.545. The van der Waals surface area contributed by atoms with E-state index < -0.39 is 0 Å². The highest BCUT2D eigenvalue weighted by Crippen LogP contribution is 2.32. The molecule has 2 atom stereocenters. The lowest BCUT2D eigenvalue weighted by Gasteiger charge is -2.26. The van der Waals surface area contributed by atoms with Crippen LogP contribution in [0.25, 0.3) is 0 Å². The van der Waals surface area contributed by atoms with Gasteiger partial charge in [0.2, 0.25) is 0 Å². The third-order valence-electron chi connectivity index (χ3n) is 4.47. The predicted octanol–water partition coefficient (Wildman–Crippen LogP) is 3.51. The van der Waals surface area contributed by atoms with Gasteiger partial charge in [-0.25, -0.2) is 0 Å². The van der Waals surface area contributed by atoms with Crippen molar-refractivity contribution in [1.82, 2.24) is 4.98 Å². The Kier molecular flexibility index (Phi) is 4.09. The molecule has 1 aromatic heterocycles. The molecule has 3 nitrogen and oxygen atoms in total. The summed E-state index contributed by atoms with van der Waals surface area (Å²) in [6, 6.07) is 13.2. The zero-order valence-corrected chi connectivity index (χ0v) is 12.6. The van der Waals surface area contributed by atoms with Crippen LogP contribution in [-0.4, -0.2) is 17.6 Å². The highest BCUT2D eigenvalue weighted by molar-refractivity contribution is 5.54. The van der Waals surface area contributed by atoms with Crippen molar-refractivity contribution in [1.29, 1.82) is 0 Å². The van der Waals surface area contributed by atoms with Gasteiger partial charge in [-0.15, -0.1) is 0 Å². The molecule has 0 radical (unpaired) electrons. The third kappa shape index (κ3) is 3.18. The molecule has 2 unspecified atom stereocenters. The number of anilines is 2. The molecule has 2 heterocycles. The van der Waals surface area contributed by atoms with Gasteiger partial charge in [0.25, 0.3) is 0 Å². The molecule has 1 saturated heterocycles. The summed E-state index contributed by atoms with van der Waals surface area (Å²) in [5.74, 6) is 0.718. The van der Waals surface area contributed by atoms with Crippen LogP contribution in [0.15, 0.2) is 48.8 Å². The molecule has 21 heavy (non-hydrogen) atoms. The summed E-state index contributed by atoms with van der Waals surface area (Å²) in [6.07, 6.45) is 7.38. The minimum Gasteiger partial charge on any atom is -0.399 e. The number of nitrogen functional groups attached to an aromatic ring is 1. The van der Waals surface area contributed by atoms with E-state index >= 15 is 0 Å². The fourth-order valence-electron chi connectivity index (χ4n) is 3.38.